The number of nitrogens with one attached hydrogen (secondary N) is 1. The van der Waals surface area contributed by atoms with E-state index in [9.17, 15) is 14.4 Å². The highest BCUT2D eigenvalue weighted by Crippen LogP contribution is 2.19. The highest BCUT2D eigenvalue weighted by atomic mass is 16.4. The molecule has 1 atom stereocenters. The predicted molar refractivity (Wildman–Crippen MR) is 68.7 cm³/mol. The maximum Gasteiger partial charge on any atom is 0.317 e. The average Bonchev–Trinajstić information content (AvgIpc) is 2.35. The summed E-state index contributed by atoms with van der Waals surface area (Å²) in [6.45, 7) is 0.474. The maximum atomic E-state index is 12.0. The molecule has 19 heavy (non-hydrogen) atoms. The first-order valence-corrected chi connectivity index (χ1v) is 6.38. The van der Waals surface area contributed by atoms with E-state index >= 15 is 0 Å². The molecule has 7 heteroatoms. The van der Waals surface area contributed by atoms with Crippen LogP contribution in [-0.4, -0.2) is 66.0 Å². The summed E-state index contributed by atoms with van der Waals surface area (Å²) in [6, 6.07) is -0.588. The van der Waals surface area contributed by atoms with E-state index in [1.807, 2.05) is 0 Å². The molecule has 1 rings (SSSR count). The number of likely N-dealkylation sites (tertiary alicyclic amines) is 1. The number of aliphatic carboxylic acids is 1. The first kappa shape index (κ1) is 15.3. The summed E-state index contributed by atoms with van der Waals surface area (Å²) in [5.74, 6) is -1.12. The fourth-order valence-electron chi connectivity index (χ4n) is 2.15. The average molecular weight is 271 g/mol. The van der Waals surface area contributed by atoms with Crippen LogP contribution in [0.15, 0.2) is 0 Å². The van der Waals surface area contributed by atoms with Crippen LogP contribution in [0.5, 0.6) is 0 Å². The van der Waals surface area contributed by atoms with Crippen molar-refractivity contribution in [2.24, 2.45) is 0 Å². The summed E-state index contributed by atoms with van der Waals surface area (Å²) >= 11 is 0. The molecule has 0 radical (unpaired) electrons. The highest BCUT2D eigenvalue weighted by Gasteiger charge is 2.28. The maximum absolute atomic E-state index is 12.0. The van der Waals surface area contributed by atoms with Crippen molar-refractivity contribution in [3.63, 3.8) is 0 Å². The van der Waals surface area contributed by atoms with Gasteiger partial charge in [0.25, 0.3) is 0 Å². The van der Waals surface area contributed by atoms with Gasteiger partial charge in [-0.05, 0) is 19.3 Å². The lowest BCUT2D eigenvalue weighted by atomic mass is 9.99. The molecule has 7 nitrogen and oxygen atoms in total. The lowest BCUT2D eigenvalue weighted by Gasteiger charge is -2.35. The molecule has 0 aromatic heterocycles. The number of carboxylic acids is 1. The first-order chi connectivity index (χ1) is 8.91. The smallest absolute Gasteiger partial charge is 0.317 e. The molecule has 0 aliphatic carbocycles. The molecule has 0 saturated carbocycles. The van der Waals surface area contributed by atoms with Crippen LogP contribution < -0.4 is 5.32 Å². The molecule has 108 valence electrons. The van der Waals surface area contributed by atoms with Gasteiger partial charge in [0.15, 0.2) is 0 Å². The molecule has 0 bridgehead atoms. The number of carbonyl (C=O) groups excluding carboxylic acids is 2. The minimum Gasteiger partial charge on any atom is -0.481 e. The summed E-state index contributed by atoms with van der Waals surface area (Å²) in [4.78, 5) is 37.1. The Morgan fingerprint density at radius 1 is 1.32 bits per heavy atom. The van der Waals surface area contributed by atoms with E-state index in [1.165, 1.54) is 4.90 Å². The van der Waals surface area contributed by atoms with Gasteiger partial charge in [0, 0.05) is 26.7 Å². The quantitative estimate of drug-likeness (QED) is 0.759. The summed E-state index contributed by atoms with van der Waals surface area (Å²) in [7, 11) is 3.18. The lowest BCUT2D eigenvalue weighted by molar-refractivity contribution is -0.141. The van der Waals surface area contributed by atoms with Crippen molar-refractivity contribution in [2.75, 3.05) is 27.2 Å². The van der Waals surface area contributed by atoms with Crippen LogP contribution in [-0.2, 0) is 9.59 Å². The topological polar surface area (TPSA) is 90.0 Å². The SMILES string of the molecule is CN(C)C(=O)NCC(=O)N1CCCC[C@@H]1CC(=O)O. The fourth-order valence-corrected chi connectivity index (χ4v) is 2.15. The second-order valence-corrected chi connectivity index (χ2v) is 4.89. The molecule has 1 aliphatic heterocycles. The third-order valence-corrected chi connectivity index (χ3v) is 3.15. The van der Waals surface area contributed by atoms with E-state index in [4.69, 9.17) is 5.11 Å². The first-order valence-electron chi connectivity index (χ1n) is 6.38. The molecule has 1 saturated heterocycles. The van der Waals surface area contributed by atoms with Crippen molar-refractivity contribution in [2.45, 2.75) is 31.7 Å². The second-order valence-electron chi connectivity index (χ2n) is 4.89. The van der Waals surface area contributed by atoms with E-state index in [-0.39, 0.29) is 30.9 Å². The molecule has 0 aromatic carbocycles. The van der Waals surface area contributed by atoms with Gasteiger partial charge in [-0.25, -0.2) is 4.79 Å². The van der Waals surface area contributed by atoms with Crippen molar-refractivity contribution in [3.05, 3.63) is 0 Å². The number of urea groups is 1. The number of amides is 3. The van der Waals surface area contributed by atoms with Crippen molar-refractivity contribution in [3.8, 4) is 0 Å². The number of hydrogen-bond acceptors (Lipinski definition) is 3. The minimum atomic E-state index is -0.901. The zero-order chi connectivity index (χ0) is 14.4. The zero-order valence-corrected chi connectivity index (χ0v) is 11.4. The molecule has 1 aliphatic rings. The Hall–Kier alpha value is -1.79. The van der Waals surface area contributed by atoms with Gasteiger partial charge in [0.2, 0.25) is 5.91 Å². The zero-order valence-electron chi connectivity index (χ0n) is 11.4. The van der Waals surface area contributed by atoms with Crippen LogP contribution in [0.3, 0.4) is 0 Å². The standard InChI is InChI=1S/C12H21N3O4/c1-14(2)12(19)13-8-10(16)15-6-4-3-5-9(15)7-11(17)18/h9H,3-8H2,1-2H3,(H,13,19)(H,17,18)/t9-/m1/s1. The Morgan fingerprint density at radius 3 is 2.58 bits per heavy atom. The number of piperidine rings is 1. The van der Waals surface area contributed by atoms with Crippen LogP contribution >= 0.6 is 0 Å². The number of rotatable bonds is 4. The van der Waals surface area contributed by atoms with Crippen LogP contribution in [0.1, 0.15) is 25.7 Å². The molecule has 0 aromatic rings. The van der Waals surface area contributed by atoms with E-state index in [1.54, 1.807) is 19.0 Å². The number of carbonyl (C=O) groups is 3. The normalized spacial score (nSPS) is 18.8. The van der Waals surface area contributed by atoms with Crippen molar-refractivity contribution < 1.29 is 19.5 Å². The van der Waals surface area contributed by atoms with Gasteiger partial charge in [-0.2, -0.15) is 0 Å². The largest absolute Gasteiger partial charge is 0.481 e. The summed E-state index contributed by atoms with van der Waals surface area (Å²) < 4.78 is 0. The van der Waals surface area contributed by atoms with Gasteiger partial charge in [0.05, 0.1) is 13.0 Å². The Kier molecular flexibility index (Phi) is 5.59. The molecule has 0 unspecified atom stereocenters. The fraction of sp³-hybridized carbons (Fsp3) is 0.750. The Balaban J connectivity index is 2.52. The second kappa shape index (κ2) is 6.96. The number of nitrogens with zero attached hydrogens (tertiary/aromatic N) is 2. The monoisotopic (exact) mass is 271 g/mol. The van der Waals surface area contributed by atoms with E-state index in [0.29, 0.717) is 13.0 Å². The molecular formula is C12H21N3O4. The van der Waals surface area contributed by atoms with Gasteiger partial charge < -0.3 is 20.2 Å². The third-order valence-electron chi connectivity index (χ3n) is 3.15. The molecule has 1 heterocycles. The van der Waals surface area contributed by atoms with E-state index < -0.39 is 5.97 Å². The van der Waals surface area contributed by atoms with Crippen molar-refractivity contribution in [1.29, 1.82) is 0 Å². The predicted octanol–water partition coefficient (Wildman–Crippen LogP) is 0.113. The van der Waals surface area contributed by atoms with Crippen LogP contribution in [0, 0.1) is 0 Å². The van der Waals surface area contributed by atoms with Crippen LogP contribution in [0.4, 0.5) is 4.79 Å². The third kappa shape index (κ3) is 4.76. The van der Waals surface area contributed by atoms with Gasteiger partial charge in [-0.15, -0.1) is 0 Å². The molecular weight excluding hydrogens is 250 g/mol. The summed E-state index contributed by atoms with van der Waals surface area (Å²) in [6.07, 6.45) is 2.49. The Labute approximate surface area is 112 Å². The molecule has 2 N–H and O–H groups in total. The molecule has 0 spiro atoms. The van der Waals surface area contributed by atoms with Crippen molar-refractivity contribution >= 4 is 17.9 Å². The van der Waals surface area contributed by atoms with E-state index in [0.717, 1.165) is 12.8 Å². The van der Waals surface area contributed by atoms with Crippen LogP contribution in [0.25, 0.3) is 0 Å². The van der Waals surface area contributed by atoms with Crippen LogP contribution in [0.2, 0.25) is 0 Å². The van der Waals surface area contributed by atoms with Crippen molar-refractivity contribution in [1.82, 2.24) is 15.1 Å². The van der Waals surface area contributed by atoms with Gasteiger partial charge in [-0.1, -0.05) is 0 Å². The molecule has 1 fully saturated rings. The minimum absolute atomic E-state index is 0.0344. The number of carboxylic acid groups (broad SMARTS) is 1. The Bertz CT molecular complexity index is 357. The summed E-state index contributed by atoms with van der Waals surface area (Å²) in [5.41, 5.74) is 0. The van der Waals surface area contributed by atoms with Gasteiger partial charge in [0.1, 0.15) is 0 Å². The van der Waals surface area contributed by atoms with E-state index in [2.05, 4.69) is 5.32 Å². The number of hydrogen-bond donors (Lipinski definition) is 2. The highest BCUT2D eigenvalue weighted by molar-refractivity contribution is 5.84. The van der Waals surface area contributed by atoms with Gasteiger partial charge >= 0.3 is 12.0 Å². The summed E-state index contributed by atoms with van der Waals surface area (Å²) in [5, 5.41) is 11.3. The molecule has 3 amide bonds. The lowest BCUT2D eigenvalue weighted by Crippen LogP contribution is -2.49. The Morgan fingerprint density at radius 2 is 2.00 bits per heavy atom. The van der Waals surface area contributed by atoms with Gasteiger partial charge in [-0.3, -0.25) is 9.59 Å².